The van der Waals surface area contributed by atoms with Crippen molar-refractivity contribution < 1.29 is 0 Å². The van der Waals surface area contributed by atoms with Crippen LogP contribution in [0.4, 0.5) is 0 Å². The number of unbranched alkanes of at least 4 members (excludes halogenated alkanes) is 6. The molecule has 0 radical (unpaired) electrons. The third kappa shape index (κ3) is 4.55. The van der Waals surface area contributed by atoms with Crippen LogP contribution < -0.4 is 11.3 Å². The lowest BCUT2D eigenvalue weighted by atomic mass is 10.0. The first-order chi connectivity index (χ1) is 10.4. The molecule has 0 saturated carbocycles. The molecule has 0 aliphatic rings. The predicted octanol–water partition coefficient (Wildman–Crippen LogP) is 3.98. The predicted molar refractivity (Wildman–Crippen MR) is 87.9 cm³/mol. The van der Waals surface area contributed by atoms with Crippen LogP contribution in [0.25, 0.3) is 5.52 Å². The van der Waals surface area contributed by atoms with Crippen molar-refractivity contribution in [1.29, 1.82) is 0 Å². The van der Waals surface area contributed by atoms with E-state index in [1.807, 2.05) is 29.0 Å². The Morgan fingerprint density at radius 1 is 1.14 bits per heavy atom. The van der Waals surface area contributed by atoms with Crippen molar-refractivity contribution in [3.05, 3.63) is 36.2 Å². The number of nitrogens with two attached hydrogens (primary N) is 1. The van der Waals surface area contributed by atoms with Gasteiger partial charge < -0.3 is 0 Å². The zero-order valence-corrected chi connectivity index (χ0v) is 13.1. The second kappa shape index (κ2) is 8.80. The van der Waals surface area contributed by atoms with E-state index in [9.17, 15) is 0 Å². The zero-order valence-electron chi connectivity index (χ0n) is 13.1. The van der Waals surface area contributed by atoms with Crippen molar-refractivity contribution in [2.24, 2.45) is 5.84 Å². The zero-order chi connectivity index (χ0) is 14.9. The maximum atomic E-state index is 5.75. The molecule has 2 rings (SSSR count). The number of pyridine rings is 1. The summed E-state index contributed by atoms with van der Waals surface area (Å²) in [6.07, 6.45) is 14.2. The Hall–Kier alpha value is -1.39. The Morgan fingerprint density at radius 2 is 1.90 bits per heavy atom. The summed E-state index contributed by atoms with van der Waals surface area (Å²) in [4.78, 5) is 0. The number of aromatic nitrogens is 2. The molecule has 0 aliphatic carbocycles. The molecule has 4 nitrogen and oxygen atoms in total. The summed E-state index contributed by atoms with van der Waals surface area (Å²) in [5, 5.41) is 4.39. The molecule has 0 aromatic carbocycles. The highest BCUT2D eigenvalue weighted by Crippen LogP contribution is 2.23. The molecular formula is C17H28N4. The van der Waals surface area contributed by atoms with Gasteiger partial charge in [0.1, 0.15) is 0 Å². The van der Waals surface area contributed by atoms with Crippen molar-refractivity contribution in [2.45, 2.75) is 64.3 Å². The molecule has 0 saturated heterocycles. The lowest BCUT2D eigenvalue weighted by molar-refractivity contribution is 0.478. The Balaban J connectivity index is 1.80. The van der Waals surface area contributed by atoms with Gasteiger partial charge in [0.15, 0.2) is 0 Å². The van der Waals surface area contributed by atoms with Crippen LogP contribution in [0.3, 0.4) is 0 Å². The highest BCUT2D eigenvalue weighted by atomic mass is 15.3. The second-order valence-electron chi connectivity index (χ2n) is 5.76. The molecule has 0 spiro atoms. The van der Waals surface area contributed by atoms with E-state index in [1.165, 1.54) is 50.5 Å². The highest BCUT2D eigenvalue weighted by Gasteiger charge is 2.14. The summed E-state index contributed by atoms with van der Waals surface area (Å²) >= 11 is 0. The minimum Gasteiger partial charge on any atom is -0.271 e. The second-order valence-corrected chi connectivity index (χ2v) is 5.76. The van der Waals surface area contributed by atoms with Gasteiger partial charge in [-0.25, -0.2) is 4.52 Å². The molecule has 0 fully saturated rings. The van der Waals surface area contributed by atoms with Crippen molar-refractivity contribution in [3.8, 4) is 0 Å². The normalized spacial score (nSPS) is 12.9. The van der Waals surface area contributed by atoms with Gasteiger partial charge in [-0.2, -0.15) is 5.10 Å². The van der Waals surface area contributed by atoms with Crippen LogP contribution in [0.1, 0.15) is 69.9 Å². The molecule has 1 unspecified atom stereocenters. The van der Waals surface area contributed by atoms with E-state index in [1.54, 1.807) is 0 Å². The molecule has 2 aromatic rings. The Kier molecular flexibility index (Phi) is 6.70. The number of hydrogen-bond donors (Lipinski definition) is 2. The molecule has 0 amide bonds. The summed E-state index contributed by atoms with van der Waals surface area (Å²) < 4.78 is 1.91. The van der Waals surface area contributed by atoms with Gasteiger partial charge in [-0.05, 0) is 18.6 Å². The van der Waals surface area contributed by atoms with E-state index >= 15 is 0 Å². The van der Waals surface area contributed by atoms with Crippen LogP contribution in [-0.2, 0) is 0 Å². The van der Waals surface area contributed by atoms with Crippen LogP contribution in [-0.4, -0.2) is 9.61 Å². The van der Waals surface area contributed by atoms with Gasteiger partial charge in [-0.3, -0.25) is 11.3 Å². The quantitative estimate of drug-likeness (QED) is 0.395. The Bertz CT molecular complexity index is 520. The fourth-order valence-corrected chi connectivity index (χ4v) is 2.86. The average Bonchev–Trinajstić information content (AvgIpc) is 2.94. The van der Waals surface area contributed by atoms with Crippen LogP contribution >= 0.6 is 0 Å². The SMILES string of the molecule is CCCCCCCCCC(NN)c1cnn2ccccc12. The monoisotopic (exact) mass is 288 g/mol. The minimum atomic E-state index is 0.195. The first kappa shape index (κ1) is 16.0. The van der Waals surface area contributed by atoms with E-state index in [2.05, 4.69) is 23.5 Å². The van der Waals surface area contributed by atoms with Crippen LogP contribution in [0.15, 0.2) is 30.6 Å². The maximum absolute atomic E-state index is 5.75. The van der Waals surface area contributed by atoms with Gasteiger partial charge >= 0.3 is 0 Å². The number of nitrogens with zero attached hydrogens (tertiary/aromatic N) is 2. The van der Waals surface area contributed by atoms with Crippen molar-refractivity contribution >= 4 is 5.52 Å². The minimum absolute atomic E-state index is 0.195. The summed E-state index contributed by atoms with van der Waals surface area (Å²) in [5.41, 5.74) is 5.29. The molecule has 0 bridgehead atoms. The van der Waals surface area contributed by atoms with Gasteiger partial charge in [0.25, 0.3) is 0 Å². The van der Waals surface area contributed by atoms with Gasteiger partial charge in [-0.15, -0.1) is 0 Å². The van der Waals surface area contributed by atoms with Crippen LogP contribution in [0.5, 0.6) is 0 Å². The molecule has 2 aromatic heterocycles. The number of rotatable bonds is 10. The van der Waals surface area contributed by atoms with Gasteiger partial charge in [-0.1, -0.05) is 57.9 Å². The molecule has 4 heteroatoms. The third-order valence-electron chi connectivity index (χ3n) is 4.13. The molecule has 2 heterocycles. The van der Waals surface area contributed by atoms with E-state index in [0.29, 0.717) is 0 Å². The van der Waals surface area contributed by atoms with E-state index in [-0.39, 0.29) is 6.04 Å². The Morgan fingerprint density at radius 3 is 2.67 bits per heavy atom. The van der Waals surface area contributed by atoms with E-state index in [0.717, 1.165) is 11.9 Å². The summed E-state index contributed by atoms with van der Waals surface area (Å²) in [7, 11) is 0. The molecule has 116 valence electrons. The number of nitrogens with one attached hydrogen (secondary N) is 1. The number of hydrazine groups is 1. The summed E-state index contributed by atoms with van der Waals surface area (Å²) in [6.45, 7) is 2.26. The summed E-state index contributed by atoms with van der Waals surface area (Å²) in [5.74, 6) is 5.75. The largest absolute Gasteiger partial charge is 0.271 e. The van der Waals surface area contributed by atoms with Crippen LogP contribution in [0.2, 0.25) is 0 Å². The lowest BCUT2D eigenvalue weighted by Crippen LogP contribution is -2.27. The first-order valence-electron chi connectivity index (χ1n) is 8.25. The van der Waals surface area contributed by atoms with Crippen LogP contribution in [0, 0.1) is 0 Å². The topological polar surface area (TPSA) is 55.3 Å². The lowest BCUT2D eigenvalue weighted by Gasteiger charge is -2.14. The molecule has 3 N–H and O–H groups in total. The Labute approximate surface area is 127 Å². The molecule has 1 atom stereocenters. The molecular weight excluding hydrogens is 260 g/mol. The molecule has 21 heavy (non-hydrogen) atoms. The first-order valence-corrected chi connectivity index (χ1v) is 8.25. The smallest absolute Gasteiger partial charge is 0.0709 e. The summed E-state index contributed by atoms with van der Waals surface area (Å²) in [6, 6.07) is 6.32. The molecule has 0 aliphatic heterocycles. The van der Waals surface area contributed by atoms with Crippen molar-refractivity contribution in [2.75, 3.05) is 0 Å². The van der Waals surface area contributed by atoms with E-state index in [4.69, 9.17) is 5.84 Å². The van der Waals surface area contributed by atoms with Gasteiger partial charge in [0.2, 0.25) is 0 Å². The number of fused-ring (bicyclic) bond motifs is 1. The van der Waals surface area contributed by atoms with Gasteiger partial charge in [0.05, 0.1) is 11.7 Å². The highest BCUT2D eigenvalue weighted by molar-refractivity contribution is 5.54. The third-order valence-corrected chi connectivity index (χ3v) is 4.13. The fourth-order valence-electron chi connectivity index (χ4n) is 2.86. The average molecular weight is 288 g/mol. The van der Waals surface area contributed by atoms with Crippen molar-refractivity contribution in [1.82, 2.24) is 15.0 Å². The fraction of sp³-hybridized carbons (Fsp3) is 0.588. The van der Waals surface area contributed by atoms with E-state index < -0.39 is 0 Å². The van der Waals surface area contributed by atoms with Crippen molar-refractivity contribution in [3.63, 3.8) is 0 Å². The number of hydrogen-bond acceptors (Lipinski definition) is 3. The standard InChI is InChI=1S/C17H28N4/c1-2-3-4-5-6-7-8-11-16(20-18)15-14-19-21-13-10-9-12-17(15)21/h9-10,12-14,16,20H,2-8,11,18H2,1H3. The maximum Gasteiger partial charge on any atom is 0.0709 e. The van der Waals surface area contributed by atoms with Gasteiger partial charge in [0, 0.05) is 17.8 Å².